The maximum Gasteiger partial charge on any atom is 0.339 e. The van der Waals surface area contributed by atoms with E-state index in [0.717, 1.165) is 12.5 Å². The fourth-order valence-corrected chi connectivity index (χ4v) is 3.78. The predicted molar refractivity (Wildman–Crippen MR) is 74.4 cm³/mol. The van der Waals surface area contributed by atoms with Crippen LogP contribution in [0.3, 0.4) is 0 Å². The second-order valence-electron chi connectivity index (χ2n) is 5.91. The van der Waals surface area contributed by atoms with Gasteiger partial charge >= 0.3 is 5.97 Å². The van der Waals surface area contributed by atoms with Crippen molar-refractivity contribution in [3.8, 4) is 0 Å². The van der Waals surface area contributed by atoms with Gasteiger partial charge in [0, 0.05) is 18.8 Å². The quantitative estimate of drug-likeness (QED) is 0.917. The van der Waals surface area contributed by atoms with Crippen LogP contribution in [0.15, 0.2) is 12.5 Å². The maximum absolute atomic E-state index is 11.2. The zero-order chi connectivity index (χ0) is 13.9. The highest BCUT2D eigenvalue weighted by Crippen LogP contribution is 2.35. The Morgan fingerprint density at radius 1 is 1.30 bits per heavy atom. The molecule has 2 aliphatic rings. The minimum Gasteiger partial charge on any atom is -0.478 e. The lowest BCUT2D eigenvalue weighted by Gasteiger charge is -2.44. The first kappa shape index (κ1) is 13.5. The normalized spacial score (nSPS) is 27.0. The molecule has 0 amide bonds. The fraction of sp³-hybridized carbons (Fsp3) is 0.667. The van der Waals surface area contributed by atoms with Gasteiger partial charge in [-0.05, 0) is 38.1 Å². The van der Waals surface area contributed by atoms with E-state index in [9.17, 15) is 9.90 Å². The van der Waals surface area contributed by atoms with Crippen molar-refractivity contribution in [3.05, 3.63) is 23.8 Å². The number of piperidine rings is 1. The summed E-state index contributed by atoms with van der Waals surface area (Å²) >= 11 is 0. The van der Waals surface area contributed by atoms with Crippen LogP contribution in [-0.2, 0) is 6.54 Å². The number of carboxylic acids is 1. The van der Waals surface area contributed by atoms with E-state index in [0.29, 0.717) is 18.3 Å². The number of aromatic carboxylic acids is 1. The largest absolute Gasteiger partial charge is 0.478 e. The van der Waals surface area contributed by atoms with Crippen LogP contribution in [0.5, 0.6) is 0 Å². The summed E-state index contributed by atoms with van der Waals surface area (Å²) in [4.78, 5) is 21.7. The zero-order valence-electron chi connectivity index (χ0n) is 11.7. The first-order valence-electron chi connectivity index (χ1n) is 7.52. The lowest BCUT2D eigenvalue weighted by Crippen LogP contribution is -2.46. The van der Waals surface area contributed by atoms with Crippen molar-refractivity contribution in [1.82, 2.24) is 14.9 Å². The smallest absolute Gasteiger partial charge is 0.339 e. The second kappa shape index (κ2) is 5.87. The molecule has 0 spiro atoms. The van der Waals surface area contributed by atoms with Gasteiger partial charge in [0.15, 0.2) is 0 Å². The molecule has 2 heterocycles. The van der Waals surface area contributed by atoms with Crippen LogP contribution in [0.2, 0.25) is 0 Å². The summed E-state index contributed by atoms with van der Waals surface area (Å²) in [5.74, 6) is -0.134. The van der Waals surface area contributed by atoms with Gasteiger partial charge in [0.05, 0.1) is 5.69 Å². The van der Waals surface area contributed by atoms with E-state index in [1.165, 1.54) is 51.0 Å². The van der Waals surface area contributed by atoms with Crippen LogP contribution in [0, 0.1) is 5.92 Å². The first-order valence-corrected chi connectivity index (χ1v) is 7.52. The summed E-state index contributed by atoms with van der Waals surface area (Å²) in [6.07, 6.45) is 10.6. The number of carbonyl (C=O) groups is 1. The Hall–Kier alpha value is -1.49. The Bertz CT molecular complexity index is 490. The summed E-state index contributed by atoms with van der Waals surface area (Å²) in [5.41, 5.74) is 0.893. The Morgan fingerprint density at radius 3 is 2.95 bits per heavy atom. The van der Waals surface area contributed by atoms with E-state index in [-0.39, 0.29) is 5.56 Å². The summed E-state index contributed by atoms with van der Waals surface area (Å²) in [7, 11) is 0. The molecule has 1 aromatic rings. The Morgan fingerprint density at radius 2 is 2.10 bits per heavy atom. The number of hydrogen-bond acceptors (Lipinski definition) is 4. The van der Waals surface area contributed by atoms with E-state index in [4.69, 9.17) is 0 Å². The molecule has 3 rings (SSSR count). The van der Waals surface area contributed by atoms with Gasteiger partial charge in [-0.25, -0.2) is 14.8 Å². The Labute approximate surface area is 119 Å². The molecule has 1 saturated carbocycles. The summed E-state index contributed by atoms with van der Waals surface area (Å²) in [6.45, 7) is 1.70. The number of carboxylic acid groups (broad SMARTS) is 1. The first-order chi connectivity index (χ1) is 9.75. The molecule has 5 nitrogen and oxygen atoms in total. The van der Waals surface area contributed by atoms with Crippen molar-refractivity contribution < 1.29 is 9.90 Å². The van der Waals surface area contributed by atoms with Crippen LogP contribution in [0.1, 0.15) is 54.6 Å². The number of likely N-dealkylation sites (tertiary alicyclic amines) is 1. The third kappa shape index (κ3) is 2.68. The van der Waals surface area contributed by atoms with Crippen molar-refractivity contribution in [2.45, 2.75) is 51.1 Å². The van der Waals surface area contributed by atoms with Crippen molar-refractivity contribution in [2.75, 3.05) is 6.54 Å². The average molecular weight is 275 g/mol. The molecule has 20 heavy (non-hydrogen) atoms. The van der Waals surface area contributed by atoms with Gasteiger partial charge in [-0.1, -0.05) is 12.8 Å². The number of aromatic nitrogens is 2. The van der Waals surface area contributed by atoms with Crippen LogP contribution in [0.25, 0.3) is 0 Å². The van der Waals surface area contributed by atoms with Crippen molar-refractivity contribution >= 4 is 5.97 Å². The molecule has 1 N–H and O–H groups in total. The highest BCUT2D eigenvalue weighted by atomic mass is 16.4. The lowest BCUT2D eigenvalue weighted by atomic mass is 9.78. The van der Waals surface area contributed by atoms with Gasteiger partial charge in [-0.2, -0.15) is 0 Å². The van der Waals surface area contributed by atoms with E-state index in [1.807, 2.05) is 0 Å². The minimum atomic E-state index is -0.933. The number of fused-ring (bicyclic) bond motifs is 1. The number of rotatable bonds is 3. The van der Waals surface area contributed by atoms with Gasteiger partial charge in [0.2, 0.25) is 0 Å². The fourth-order valence-electron chi connectivity index (χ4n) is 3.78. The Kier molecular flexibility index (Phi) is 3.96. The molecule has 1 aromatic heterocycles. The number of nitrogens with zero attached hydrogens (tertiary/aromatic N) is 3. The monoisotopic (exact) mass is 275 g/mol. The lowest BCUT2D eigenvalue weighted by molar-refractivity contribution is 0.0524. The van der Waals surface area contributed by atoms with Gasteiger partial charge in [0.25, 0.3) is 0 Å². The van der Waals surface area contributed by atoms with E-state index in [1.54, 1.807) is 0 Å². The summed E-state index contributed by atoms with van der Waals surface area (Å²) in [6, 6.07) is 0.620. The molecule has 2 atom stereocenters. The highest BCUT2D eigenvalue weighted by Gasteiger charge is 2.33. The molecule has 1 aliphatic heterocycles. The molecule has 108 valence electrons. The van der Waals surface area contributed by atoms with Crippen LogP contribution in [0.4, 0.5) is 0 Å². The summed E-state index contributed by atoms with van der Waals surface area (Å²) < 4.78 is 0. The van der Waals surface area contributed by atoms with Gasteiger partial charge in [-0.15, -0.1) is 0 Å². The third-order valence-corrected chi connectivity index (χ3v) is 4.74. The average Bonchev–Trinajstić information content (AvgIpc) is 2.48. The zero-order valence-corrected chi connectivity index (χ0v) is 11.7. The second-order valence-corrected chi connectivity index (χ2v) is 5.91. The molecular weight excluding hydrogens is 254 g/mol. The van der Waals surface area contributed by atoms with Crippen molar-refractivity contribution in [1.29, 1.82) is 0 Å². The molecule has 0 aromatic carbocycles. The molecule has 0 radical (unpaired) electrons. The van der Waals surface area contributed by atoms with E-state index < -0.39 is 5.97 Å². The van der Waals surface area contributed by atoms with E-state index >= 15 is 0 Å². The molecule has 1 aliphatic carbocycles. The molecule has 2 fully saturated rings. The van der Waals surface area contributed by atoms with Gasteiger partial charge < -0.3 is 5.11 Å². The standard InChI is InChI=1S/C15H21N3O2/c19-15(20)12-8-16-10-17-13(12)9-18-7-3-5-11-4-1-2-6-14(11)18/h8,10-11,14H,1-7,9H2,(H,19,20). The SMILES string of the molecule is O=C(O)c1cncnc1CN1CCCC2CCCCC21. The molecule has 5 heteroatoms. The van der Waals surface area contributed by atoms with E-state index in [2.05, 4.69) is 14.9 Å². The van der Waals surface area contributed by atoms with Crippen molar-refractivity contribution in [2.24, 2.45) is 5.92 Å². The summed E-state index contributed by atoms with van der Waals surface area (Å²) in [5, 5.41) is 9.23. The number of hydrogen-bond donors (Lipinski definition) is 1. The van der Waals surface area contributed by atoms with Gasteiger partial charge in [0.1, 0.15) is 11.9 Å². The topological polar surface area (TPSA) is 66.3 Å². The van der Waals surface area contributed by atoms with Gasteiger partial charge in [-0.3, -0.25) is 4.90 Å². The van der Waals surface area contributed by atoms with Crippen LogP contribution < -0.4 is 0 Å². The van der Waals surface area contributed by atoms with Crippen LogP contribution in [-0.4, -0.2) is 38.5 Å². The molecule has 2 unspecified atom stereocenters. The predicted octanol–water partition coefficient (Wildman–Crippen LogP) is 2.33. The van der Waals surface area contributed by atoms with Crippen molar-refractivity contribution in [3.63, 3.8) is 0 Å². The van der Waals surface area contributed by atoms with Crippen LogP contribution >= 0.6 is 0 Å². The maximum atomic E-state index is 11.2. The Balaban J connectivity index is 1.78. The molecule has 0 bridgehead atoms. The molecular formula is C15H21N3O2. The minimum absolute atomic E-state index is 0.241. The third-order valence-electron chi connectivity index (χ3n) is 4.74. The molecule has 1 saturated heterocycles. The highest BCUT2D eigenvalue weighted by molar-refractivity contribution is 5.88.